The molecule has 2 amide bonds. The number of amides is 2. The molecule has 0 N–H and O–H groups in total. The number of hydrogen-bond donors (Lipinski definition) is 0. The number of nitrogens with zero attached hydrogens (tertiary/aromatic N) is 4. The number of fused-ring (bicyclic) bond motifs is 1. The number of pyridine rings is 1. The molecule has 0 radical (unpaired) electrons. The van der Waals surface area contributed by atoms with Crippen molar-refractivity contribution in [1.82, 2.24) is 14.8 Å². The summed E-state index contributed by atoms with van der Waals surface area (Å²) in [4.78, 5) is 36.7. The minimum Gasteiger partial charge on any atom is -0.444 e. The van der Waals surface area contributed by atoms with Gasteiger partial charge in [-0.05, 0) is 87.6 Å². The van der Waals surface area contributed by atoms with Crippen LogP contribution in [0.3, 0.4) is 0 Å². The highest BCUT2D eigenvalue weighted by Crippen LogP contribution is 2.42. The molecule has 0 atom stereocenters. The van der Waals surface area contributed by atoms with E-state index >= 15 is 0 Å². The predicted molar refractivity (Wildman–Crippen MR) is 140 cm³/mol. The highest BCUT2D eigenvalue weighted by molar-refractivity contribution is 5.96. The molecular formula is C29H38N4O3. The Balaban J connectivity index is 1.22. The van der Waals surface area contributed by atoms with Crippen molar-refractivity contribution in [3.63, 3.8) is 0 Å². The van der Waals surface area contributed by atoms with Gasteiger partial charge in [0.25, 0.3) is 5.91 Å². The Morgan fingerprint density at radius 1 is 0.889 bits per heavy atom. The lowest BCUT2D eigenvalue weighted by atomic mass is 9.71. The summed E-state index contributed by atoms with van der Waals surface area (Å²) in [6, 6.07) is 10.2. The minimum atomic E-state index is -0.537. The summed E-state index contributed by atoms with van der Waals surface area (Å²) in [5, 5.41) is 0. The van der Waals surface area contributed by atoms with E-state index < -0.39 is 5.60 Å². The molecule has 36 heavy (non-hydrogen) atoms. The van der Waals surface area contributed by atoms with Crippen LogP contribution in [0.15, 0.2) is 42.7 Å². The summed E-state index contributed by atoms with van der Waals surface area (Å²) < 4.78 is 5.59. The van der Waals surface area contributed by atoms with Gasteiger partial charge in [0.05, 0.1) is 6.54 Å². The fourth-order valence-corrected chi connectivity index (χ4v) is 5.91. The van der Waals surface area contributed by atoms with E-state index in [1.165, 1.54) is 18.5 Å². The molecule has 3 aliphatic rings. The second kappa shape index (κ2) is 9.75. The summed E-state index contributed by atoms with van der Waals surface area (Å²) in [6.07, 6.45) is 8.61. The molecule has 1 spiro atoms. The van der Waals surface area contributed by atoms with Crippen molar-refractivity contribution < 1.29 is 14.3 Å². The normalized spacial score (nSPS) is 19.7. The number of piperidine rings is 2. The zero-order valence-corrected chi connectivity index (χ0v) is 21.8. The molecule has 2 saturated heterocycles. The zero-order chi connectivity index (χ0) is 25.3. The van der Waals surface area contributed by atoms with Crippen LogP contribution in [0.4, 0.5) is 10.5 Å². The third-order valence-electron chi connectivity index (χ3n) is 8.12. The number of aromatic nitrogens is 1. The van der Waals surface area contributed by atoms with E-state index in [1.54, 1.807) is 4.90 Å². The predicted octanol–water partition coefficient (Wildman–Crippen LogP) is 4.90. The number of anilines is 1. The molecule has 0 bridgehead atoms. The van der Waals surface area contributed by atoms with Crippen LogP contribution in [0, 0.1) is 5.41 Å². The Labute approximate surface area is 214 Å². The van der Waals surface area contributed by atoms with Crippen molar-refractivity contribution >= 4 is 17.7 Å². The fraction of sp³-hybridized carbons (Fsp3) is 0.552. The van der Waals surface area contributed by atoms with Crippen molar-refractivity contribution in [1.29, 1.82) is 0 Å². The van der Waals surface area contributed by atoms with Gasteiger partial charge in [-0.1, -0.05) is 12.1 Å². The van der Waals surface area contributed by atoms with Crippen LogP contribution in [-0.4, -0.2) is 65.1 Å². The number of likely N-dealkylation sites (tertiary alicyclic amines) is 1. The van der Waals surface area contributed by atoms with Crippen molar-refractivity contribution in [2.45, 2.75) is 65.0 Å². The molecular weight excluding hydrogens is 452 g/mol. The topological polar surface area (TPSA) is 66.0 Å². The molecule has 0 aliphatic carbocycles. The van der Waals surface area contributed by atoms with Crippen molar-refractivity contribution in [3.05, 3.63) is 59.4 Å². The maximum absolute atomic E-state index is 13.7. The van der Waals surface area contributed by atoms with Gasteiger partial charge in [-0.2, -0.15) is 0 Å². The maximum atomic E-state index is 13.7. The molecule has 0 unspecified atom stereocenters. The number of carbonyl (C=O) groups excluding carboxylic acids is 2. The minimum absolute atomic E-state index is 0.0990. The quantitative estimate of drug-likeness (QED) is 0.599. The van der Waals surface area contributed by atoms with Crippen LogP contribution in [0.1, 0.15) is 67.9 Å². The first-order valence-electron chi connectivity index (χ1n) is 13.3. The lowest BCUT2D eigenvalue weighted by molar-refractivity contribution is 0.0221. The van der Waals surface area contributed by atoms with Gasteiger partial charge in [-0.25, -0.2) is 4.79 Å². The molecule has 1 aromatic carbocycles. The van der Waals surface area contributed by atoms with Crippen molar-refractivity contribution in [2.24, 2.45) is 5.41 Å². The summed E-state index contributed by atoms with van der Waals surface area (Å²) in [5.74, 6) is 0.0990. The Morgan fingerprint density at radius 3 is 2.22 bits per heavy atom. The van der Waals surface area contributed by atoms with Gasteiger partial charge in [0.1, 0.15) is 5.60 Å². The zero-order valence-electron chi connectivity index (χ0n) is 21.8. The smallest absolute Gasteiger partial charge is 0.410 e. The van der Waals surface area contributed by atoms with Gasteiger partial charge < -0.3 is 19.4 Å². The van der Waals surface area contributed by atoms with Gasteiger partial charge in [0, 0.05) is 56.4 Å². The van der Waals surface area contributed by atoms with E-state index in [2.05, 4.69) is 28.1 Å². The second-order valence-electron chi connectivity index (χ2n) is 11.6. The number of ether oxygens (including phenoxy) is 1. The molecule has 2 fully saturated rings. The van der Waals surface area contributed by atoms with E-state index in [9.17, 15) is 9.59 Å². The van der Waals surface area contributed by atoms with Crippen LogP contribution in [-0.2, 0) is 17.7 Å². The average Bonchev–Trinajstić information content (AvgIpc) is 2.88. The molecule has 4 heterocycles. The van der Waals surface area contributed by atoms with Gasteiger partial charge >= 0.3 is 6.09 Å². The van der Waals surface area contributed by atoms with E-state index in [0.29, 0.717) is 18.5 Å². The molecule has 7 nitrogen and oxygen atoms in total. The standard InChI is InChI=1S/C29H38N4O3/c1-28(2,3)36-27(35)33-16-9-22-5-4-6-24(25(22)21-33)26(34)32-19-12-29(13-20-32)10-17-31(18-11-29)23-7-14-30-15-8-23/h4-8,14-15H,9-13,16-21H2,1-3H3. The largest absolute Gasteiger partial charge is 0.444 e. The SMILES string of the molecule is CC(C)(C)OC(=O)N1CCc2cccc(C(=O)N3CCC4(CC3)CCN(c3ccncc3)CC4)c2C1. The maximum Gasteiger partial charge on any atom is 0.410 e. The number of benzene rings is 1. The van der Waals surface area contributed by atoms with Crippen LogP contribution < -0.4 is 4.90 Å². The van der Waals surface area contributed by atoms with Crippen molar-refractivity contribution in [3.8, 4) is 0 Å². The van der Waals surface area contributed by atoms with E-state index in [-0.39, 0.29) is 12.0 Å². The van der Waals surface area contributed by atoms with Gasteiger partial charge in [-0.3, -0.25) is 9.78 Å². The Hall–Kier alpha value is -3.09. The van der Waals surface area contributed by atoms with E-state index in [0.717, 1.165) is 62.1 Å². The Morgan fingerprint density at radius 2 is 1.56 bits per heavy atom. The lowest BCUT2D eigenvalue weighted by Crippen LogP contribution is -2.48. The van der Waals surface area contributed by atoms with Crippen LogP contribution in [0.25, 0.3) is 0 Å². The lowest BCUT2D eigenvalue weighted by Gasteiger charge is -2.47. The third kappa shape index (κ3) is 5.20. The van der Waals surface area contributed by atoms with E-state index in [4.69, 9.17) is 4.74 Å². The summed E-state index contributed by atoms with van der Waals surface area (Å²) in [6.45, 7) is 10.4. The second-order valence-corrected chi connectivity index (χ2v) is 11.6. The van der Waals surface area contributed by atoms with Gasteiger partial charge in [0.2, 0.25) is 0 Å². The van der Waals surface area contributed by atoms with Crippen LogP contribution in [0.5, 0.6) is 0 Å². The van der Waals surface area contributed by atoms with Crippen molar-refractivity contribution in [2.75, 3.05) is 37.6 Å². The molecule has 7 heteroatoms. The Bertz CT molecular complexity index is 1090. The summed E-state index contributed by atoms with van der Waals surface area (Å²) in [5.41, 5.74) is 3.93. The monoisotopic (exact) mass is 490 g/mol. The first-order chi connectivity index (χ1) is 17.2. The molecule has 1 aromatic heterocycles. The molecule has 0 saturated carbocycles. The Kier molecular flexibility index (Phi) is 6.66. The number of hydrogen-bond acceptors (Lipinski definition) is 5. The average molecular weight is 491 g/mol. The highest BCUT2D eigenvalue weighted by Gasteiger charge is 2.39. The molecule has 5 rings (SSSR count). The fourth-order valence-electron chi connectivity index (χ4n) is 5.91. The summed E-state index contributed by atoms with van der Waals surface area (Å²) in [7, 11) is 0. The summed E-state index contributed by atoms with van der Waals surface area (Å²) >= 11 is 0. The van der Waals surface area contributed by atoms with Crippen LogP contribution >= 0.6 is 0 Å². The first-order valence-corrected chi connectivity index (χ1v) is 13.3. The van der Waals surface area contributed by atoms with Gasteiger partial charge in [-0.15, -0.1) is 0 Å². The third-order valence-corrected chi connectivity index (χ3v) is 8.12. The van der Waals surface area contributed by atoms with Gasteiger partial charge in [0.15, 0.2) is 0 Å². The first kappa shape index (κ1) is 24.6. The molecule has 3 aliphatic heterocycles. The molecule has 2 aromatic rings. The highest BCUT2D eigenvalue weighted by atomic mass is 16.6. The van der Waals surface area contributed by atoms with Crippen LogP contribution in [0.2, 0.25) is 0 Å². The number of carbonyl (C=O) groups is 2. The number of rotatable bonds is 2. The molecule has 192 valence electrons. The van der Waals surface area contributed by atoms with E-state index in [1.807, 2.05) is 50.2 Å².